The lowest BCUT2D eigenvalue weighted by atomic mass is 10.0. The van der Waals surface area contributed by atoms with E-state index in [2.05, 4.69) is 25.6 Å². The molecular weight excluding hydrogens is 394 g/mol. The van der Waals surface area contributed by atoms with Crippen LogP contribution in [0, 0.1) is 0 Å². The fourth-order valence-corrected chi connectivity index (χ4v) is 3.21. The molecule has 0 aliphatic carbocycles. The number of aromatic amines is 1. The van der Waals surface area contributed by atoms with Crippen LogP contribution in [0.3, 0.4) is 0 Å². The van der Waals surface area contributed by atoms with Gasteiger partial charge in [-0.25, -0.2) is 9.78 Å². The molecular formula is C23H21N5O3. The summed E-state index contributed by atoms with van der Waals surface area (Å²) in [5, 5.41) is 6.77. The molecule has 8 nitrogen and oxygen atoms in total. The van der Waals surface area contributed by atoms with Crippen molar-refractivity contribution in [2.45, 2.75) is 0 Å². The number of anilines is 2. The van der Waals surface area contributed by atoms with Crippen LogP contribution in [0.1, 0.15) is 10.4 Å². The number of nitrogens with zero attached hydrogens (tertiary/aromatic N) is 2. The van der Waals surface area contributed by atoms with Crippen molar-refractivity contribution in [3.8, 4) is 11.1 Å². The third-order valence-electron chi connectivity index (χ3n) is 4.68. The van der Waals surface area contributed by atoms with Crippen molar-refractivity contribution >= 4 is 28.4 Å². The Hall–Kier alpha value is -4.04. The second-order valence-corrected chi connectivity index (χ2v) is 6.83. The van der Waals surface area contributed by atoms with E-state index in [1.54, 1.807) is 25.4 Å². The first kappa shape index (κ1) is 20.2. The van der Waals surface area contributed by atoms with E-state index in [0.717, 1.165) is 16.8 Å². The van der Waals surface area contributed by atoms with Crippen molar-refractivity contribution < 1.29 is 9.53 Å². The highest BCUT2D eigenvalue weighted by Crippen LogP contribution is 2.26. The highest BCUT2D eigenvalue weighted by molar-refractivity contribution is 5.95. The number of amides is 1. The van der Waals surface area contributed by atoms with Crippen LogP contribution in [0.25, 0.3) is 22.2 Å². The molecule has 2 aromatic heterocycles. The average Bonchev–Trinajstić information content (AvgIpc) is 2.79. The zero-order chi connectivity index (χ0) is 21.6. The molecule has 0 aliphatic rings. The van der Waals surface area contributed by atoms with E-state index in [9.17, 15) is 9.59 Å². The molecule has 0 unspecified atom stereocenters. The van der Waals surface area contributed by atoms with Crippen molar-refractivity contribution in [1.82, 2.24) is 20.3 Å². The summed E-state index contributed by atoms with van der Waals surface area (Å²) in [7, 11) is 1.59. The number of carbonyl (C=O) groups is 1. The van der Waals surface area contributed by atoms with Gasteiger partial charge >= 0.3 is 5.69 Å². The molecule has 1 amide bonds. The molecule has 0 bridgehead atoms. The standard InChI is InChI=1S/C23H21N5O3/c1-31-12-11-25-22(29)17-7-2-5-15(13-17)16-6-3-8-18(14-16)26-21-19-9-4-10-24-20(19)27-23(30)28-21/h2-10,13-14H,11-12H2,1H3,(H,25,29)(H2,24,26,27,28,30). The Bertz CT molecular complexity index is 1290. The summed E-state index contributed by atoms with van der Waals surface area (Å²) in [5.74, 6) is 0.369. The van der Waals surface area contributed by atoms with E-state index in [1.165, 1.54) is 0 Å². The Balaban J connectivity index is 1.61. The largest absolute Gasteiger partial charge is 0.383 e. The molecule has 0 fully saturated rings. The van der Waals surface area contributed by atoms with Gasteiger partial charge in [0.1, 0.15) is 5.82 Å². The van der Waals surface area contributed by atoms with E-state index in [0.29, 0.717) is 35.6 Å². The van der Waals surface area contributed by atoms with Crippen molar-refractivity contribution in [3.63, 3.8) is 0 Å². The van der Waals surface area contributed by atoms with Crippen LogP contribution >= 0.6 is 0 Å². The van der Waals surface area contributed by atoms with Gasteiger partial charge in [-0.15, -0.1) is 0 Å². The number of rotatable bonds is 7. The molecule has 0 spiro atoms. The normalized spacial score (nSPS) is 10.7. The fourth-order valence-electron chi connectivity index (χ4n) is 3.21. The van der Waals surface area contributed by atoms with E-state index >= 15 is 0 Å². The minimum absolute atomic E-state index is 0.151. The Morgan fingerprint density at radius 2 is 1.87 bits per heavy atom. The molecule has 156 valence electrons. The van der Waals surface area contributed by atoms with E-state index in [-0.39, 0.29) is 5.91 Å². The van der Waals surface area contributed by atoms with Crippen molar-refractivity contribution in [2.75, 3.05) is 25.6 Å². The lowest BCUT2D eigenvalue weighted by Crippen LogP contribution is -2.26. The number of ether oxygens (including phenoxy) is 1. The van der Waals surface area contributed by atoms with Crippen LogP contribution in [0.2, 0.25) is 0 Å². The first-order chi connectivity index (χ1) is 15.1. The quantitative estimate of drug-likeness (QED) is 0.400. The molecule has 4 rings (SSSR count). The summed E-state index contributed by atoms with van der Waals surface area (Å²) < 4.78 is 4.97. The zero-order valence-corrected chi connectivity index (χ0v) is 16.9. The number of fused-ring (bicyclic) bond motifs is 1. The molecule has 2 heterocycles. The van der Waals surface area contributed by atoms with Gasteiger partial charge in [0.05, 0.1) is 12.0 Å². The maximum atomic E-state index is 12.3. The lowest BCUT2D eigenvalue weighted by Gasteiger charge is -2.11. The molecule has 0 radical (unpaired) electrons. The second-order valence-electron chi connectivity index (χ2n) is 6.83. The van der Waals surface area contributed by atoms with E-state index in [1.807, 2.05) is 48.5 Å². The van der Waals surface area contributed by atoms with Crippen LogP contribution < -0.4 is 16.3 Å². The van der Waals surface area contributed by atoms with Gasteiger partial charge < -0.3 is 15.4 Å². The van der Waals surface area contributed by atoms with Crippen LogP contribution in [-0.4, -0.2) is 41.1 Å². The predicted molar refractivity (Wildman–Crippen MR) is 120 cm³/mol. The molecule has 0 saturated carbocycles. The van der Waals surface area contributed by atoms with Gasteiger partial charge in [-0.3, -0.25) is 9.78 Å². The van der Waals surface area contributed by atoms with Gasteiger partial charge in [0.2, 0.25) is 0 Å². The summed E-state index contributed by atoms with van der Waals surface area (Å²) in [4.78, 5) is 35.0. The van der Waals surface area contributed by atoms with Gasteiger partial charge in [-0.05, 0) is 47.5 Å². The van der Waals surface area contributed by atoms with Gasteiger partial charge in [0, 0.05) is 31.1 Å². The number of H-pyrrole nitrogens is 1. The number of pyridine rings is 1. The van der Waals surface area contributed by atoms with Gasteiger partial charge in [0.25, 0.3) is 5.91 Å². The third-order valence-corrected chi connectivity index (χ3v) is 4.68. The summed E-state index contributed by atoms with van der Waals surface area (Å²) in [6.45, 7) is 0.909. The Morgan fingerprint density at radius 1 is 1.06 bits per heavy atom. The molecule has 0 aliphatic heterocycles. The maximum absolute atomic E-state index is 12.3. The zero-order valence-electron chi connectivity index (χ0n) is 16.9. The van der Waals surface area contributed by atoms with Crippen molar-refractivity contribution in [1.29, 1.82) is 0 Å². The van der Waals surface area contributed by atoms with Crippen molar-refractivity contribution in [2.24, 2.45) is 0 Å². The number of hydrogen-bond acceptors (Lipinski definition) is 6. The topological polar surface area (TPSA) is 109 Å². The number of carbonyl (C=O) groups excluding carboxylic acids is 1. The summed E-state index contributed by atoms with van der Waals surface area (Å²) in [5.41, 5.74) is 3.07. The number of methoxy groups -OCH3 is 1. The molecule has 0 atom stereocenters. The first-order valence-corrected chi connectivity index (χ1v) is 9.74. The Labute approximate surface area is 178 Å². The predicted octanol–water partition coefficient (Wildman–Crippen LogP) is 3.10. The van der Waals surface area contributed by atoms with Gasteiger partial charge in [-0.2, -0.15) is 4.98 Å². The fraction of sp³-hybridized carbons (Fsp3) is 0.130. The Kier molecular flexibility index (Phi) is 6.00. The number of benzene rings is 2. The van der Waals surface area contributed by atoms with Crippen LogP contribution in [0.5, 0.6) is 0 Å². The van der Waals surface area contributed by atoms with Gasteiger partial charge in [-0.1, -0.05) is 24.3 Å². The molecule has 2 aromatic carbocycles. The average molecular weight is 415 g/mol. The van der Waals surface area contributed by atoms with E-state index < -0.39 is 5.69 Å². The molecule has 4 aromatic rings. The maximum Gasteiger partial charge on any atom is 0.348 e. The first-order valence-electron chi connectivity index (χ1n) is 9.74. The summed E-state index contributed by atoms with van der Waals surface area (Å²) in [6, 6.07) is 18.7. The molecule has 31 heavy (non-hydrogen) atoms. The van der Waals surface area contributed by atoms with Crippen LogP contribution in [0.15, 0.2) is 71.7 Å². The SMILES string of the molecule is COCCNC(=O)c1cccc(-c2cccc(Nc3[nH]c(=O)nc4ncccc34)c2)c1. The lowest BCUT2D eigenvalue weighted by molar-refractivity contribution is 0.0937. The van der Waals surface area contributed by atoms with Crippen LogP contribution in [0.4, 0.5) is 11.5 Å². The highest BCUT2D eigenvalue weighted by Gasteiger charge is 2.09. The molecule has 8 heteroatoms. The van der Waals surface area contributed by atoms with E-state index in [4.69, 9.17) is 4.74 Å². The van der Waals surface area contributed by atoms with Gasteiger partial charge in [0.15, 0.2) is 5.65 Å². The number of hydrogen-bond donors (Lipinski definition) is 3. The minimum atomic E-state index is -0.475. The molecule has 0 saturated heterocycles. The Morgan fingerprint density at radius 3 is 2.71 bits per heavy atom. The minimum Gasteiger partial charge on any atom is -0.383 e. The number of aromatic nitrogens is 3. The smallest absolute Gasteiger partial charge is 0.348 e. The number of nitrogens with one attached hydrogen (secondary N) is 3. The molecule has 3 N–H and O–H groups in total. The third kappa shape index (κ3) is 4.76. The van der Waals surface area contributed by atoms with Crippen LogP contribution in [-0.2, 0) is 4.74 Å². The van der Waals surface area contributed by atoms with Crippen molar-refractivity contribution in [3.05, 3.63) is 82.9 Å². The summed E-state index contributed by atoms with van der Waals surface area (Å²) in [6.07, 6.45) is 1.59. The highest BCUT2D eigenvalue weighted by atomic mass is 16.5. The monoisotopic (exact) mass is 415 g/mol. The summed E-state index contributed by atoms with van der Waals surface area (Å²) >= 11 is 0. The second kappa shape index (κ2) is 9.19.